The summed E-state index contributed by atoms with van der Waals surface area (Å²) in [5.41, 5.74) is 0.291. The van der Waals surface area contributed by atoms with Gasteiger partial charge in [-0.3, -0.25) is 4.79 Å². The fourth-order valence-electron chi connectivity index (χ4n) is 6.00. The first kappa shape index (κ1) is 36.1. The molecule has 0 aromatic heterocycles. The second kappa shape index (κ2) is 15.7. The summed E-state index contributed by atoms with van der Waals surface area (Å²) in [6.07, 6.45) is 5.35. The number of aliphatic hydroxyl groups is 1. The first-order valence-corrected chi connectivity index (χ1v) is 14.8. The molecule has 0 aliphatic carbocycles. The number of carbonyl (C=O) groups excluding carboxylic acids is 2. The van der Waals surface area contributed by atoms with E-state index in [-0.39, 0.29) is 31.3 Å². The molecular formula is C32H48NO11-. The van der Waals surface area contributed by atoms with Gasteiger partial charge in [0.15, 0.2) is 12.3 Å². The van der Waals surface area contributed by atoms with Crippen LogP contribution in [0.1, 0.15) is 47.0 Å². The monoisotopic (exact) mass is 622 g/mol. The van der Waals surface area contributed by atoms with Crippen LogP contribution in [0, 0.1) is 11.3 Å². The van der Waals surface area contributed by atoms with Gasteiger partial charge in [-0.2, -0.15) is 0 Å². The van der Waals surface area contributed by atoms with Crippen LogP contribution >= 0.6 is 0 Å². The van der Waals surface area contributed by atoms with Gasteiger partial charge in [-0.15, -0.1) is 0 Å². The average Bonchev–Trinajstić information content (AvgIpc) is 2.98. The molecule has 0 saturated carbocycles. The Labute approximate surface area is 260 Å². The van der Waals surface area contributed by atoms with Gasteiger partial charge in [-0.25, -0.2) is 0 Å². The number of ether oxygens (including phenoxy) is 7. The van der Waals surface area contributed by atoms with Gasteiger partial charge in [0, 0.05) is 45.5 Å². The number of fused-ring (bicyclic) bond motifs is 1. The topological polar surface area (TPSA) is 154 Å². The Morgan fingerprint density at radius 2 is 1.89 bits per heavy atom. The van der Waals surface area contributed by atoms with Crippen molar-refractivity contribution in [2.45, 2.75) is 102 Å². The largest absolute Gasteiger partial charge is 0.545 e. The standard InChI is InChI=1S/C32H49NO11/c1-19-17-32(40-8,44-21(3)20(19)2)27(36)29(37)33-30-26-25(41-18-42-30)28(39-7)31(4,5)23(43-26)16-22(38-6)14-12-10-9-11-13-15-24(34)35/h9,11-15,20-23,25-28,30,36H,1,10,16-18H2,2-8H3,(H,33,37)(H,34,35)/p-1/b11-9+,14-12+,15-13+/t20-,21-,22-,23-,25+,26-,27-,28-,30+,32-/m1/s1. The van der Waals surface area contributed by atoms with E-state index in [1.54, 1.807) is 26.4 Å². The summed E-state index contributed by atoms with van der Waals surface area (Å²) in [6, 6.07) is 0. The molecule has 0 spiro atoms. The smallest absolute Gasteiger partial charge is 0.256 e. The van der Waals surface area contributed by atoms with Crippen LogP contribution in [0.15, 0.2) is 48.6 Å². The Morgan fingerprint density at radius 3 is 2.50 bits per heavy atom. The van der Waals surface area contributed by atoms with E-state index in [1.165, 1.54) is 13.2 Å². The number of carboxylic acids is 1. The third-order valence-electron chi connectivity index (χ3n) is 8.92. The molecule has 0 unspecified atom stereocenters. The minimum atomic E-state index is -1.67. The van der Waals surface area contributed by atoms with Crippen molar-refractivity contribution in [3.05, 3.63) is 48.6 Å². The van der Waals surface area contributed by atoms with Gasteiger partial charge >= 0.3 is 0 Å². The second-order valence-corrected chi connectivity index (χ2v) is 12.1. The summed E-state index contributed by atoms with van der Waals surface area (Å²) >= 11 is 0. The van der Waals surface area contributed by atoms with Crippen LogP contribution < -0.4 is 10.4 Å². The molecular weight excluding hydrogens is 574 g/mol. The van der Waals surface area contributed by atoms with Crippen molar-refractivity contribution in [1.82, 2.24) is 5.32 Å². The number of hydrogen-bond donors (Lipinski definition) is 2. The van der Waals surface area contributed by atoms with E-state index in [0.717, 1.165) is 11.6 Å². The first-order valence-electron chi connectivity index (χ1n) is 14.8. The number of allylic oxidation sites excluding steroid dienone is 4. The number of rotatable bonds is 13. The highest BCUT2D eigenvalue weighted by molar-refractivity contribution is 5.82. The molecule has 12 heteroatoms. The zero-order chi connectivity index (χ0) is 32.7. The first-order chi connectivity index (χ1) is 20.8. The van der Waals surface area contributed by atoms with Crippen molar-refractivity contribution in [3.63, 3.8) is 0 Å². The lowest BCUT2D eigenvalue weighted by Gasteiger charge is -2.54. The van der Waals surface area contributed by atoms with E-state index in [9.17, 15) is 19.8 Å². The van der Waals surface area contributed by atoms with Crippen molar-refractivity contribution in [1.29, 1.82) is 0 Å². The van der Waals surface area contributed by atoms with Crippen molar-refractivity contribution in [2.75, 3.05) is 28.1 Å². The maximum Gasteiger partial charge on any atom is 0.256 e. The quantitative estimate of drug-likeness (QED) is 0.175. The van der Waals surface area contributed by atoms with Crippen molar-refractivity contribution >= 4 is 11.9 Å². The van der Waals surface area contributed by atoms with Crippen LogP contribution in [0.5, 0.6) is 0 Å². The van der Waals surface area contributed by atoms with Gasteiger partial charge in [-0.05, 0) is 19.4 Å². The molecule has 3 fully saturated rings. The third kappa shape index (κ3) is 8.24. The molecule has 0 bridgehead atoms. The molecule has 12 nitrogen and oxygen atoms in total. The van der Waals surface area contributed by atoms with E-state index in [1.807, 2.05) is 39.8 Å². The summed E-state index contributed by atoms with van der Waals surface area (Å²) < 4.78 is 41.6. The molecule has 3 heterocycles. The molecule has 3 saturated heterocycles. The van der Waals surface area contributed by atoms with Crippen molar-refractivity contribution < 1.29 is 53.0 Å². The fourth-order valence-corrected chi connectivity index (χ4v) is 6.00. The zero-order valence-electron chi connectivity index (χ0n) is 26.7. The Bertz CT molecular complexity index is 1090. The Hall–Kier alpha value is -2.42. The number of hydrogen-bond acceptors (Lipinski definition) is 11. The highest BCUT2D eigenvalue weighted by Gasteiger charge is 2.57. The van der Waals surface area contributed by atoms with Gasteiger partial charge < -0.3 is 53.5 Å². The van der Waals surface area contributed by atoms with Gasteiger partial charge in [0.05, 0.1) is 30.4 Å². The zero-order valence-corrected chi connectivity index (χ0v) is 26.7. The summed E-state index contributed by atoms with van der Waals surface area (Å²) in [7, 11) is 4.60. The lowest BCUT2D eigenvalue weighted by atomic mass is 9.72. The van der Waals surface area contributed by atoms with Gasteiger partial charge in [0.1, 0.15) is 19.0 Å². The van der Waals surface area contributed by atoms with E-state index in [2.05, 4.69) is 11.9 Å². The predicted octanol–water partition coefficient (Wildman–Crippen LogP) is 1.53. The fraction of sp³-hybridized carbons (Fsp3) is 0.688. The van der Waals surface area contributed by atoms with E-state index < -0.39 is 59.8 Å². The van der Waals surface area contributed by atoms with Crippen LogP contribution in [-0.4, -0.2) is 99.8 Å². The minimum Gasteiger partial charge on any atom is -0.545 e. The number of aliphatic hydroxyl groups excluding tert-OH is 1. The van der Waals surface area contributed by atoms with E-state index in [0.29, 0.717) is 12.8 Å². The molecule has 3 aliphatic rings. The van der Waals surface area contributed by atoms with Gasteiger partial charge in [0.2, 0.25) is 5.79 Å². The molecule has 10 atom stereocenters. The Kier molecular flexibility index (Phi) is 12.9. The normalized spacial score (nSPS) is 35.5. The molecule has 2 N–H and O–H groups in total. The third-order valence-corrected chi connectivity index (χ3v) is 8.92. The van der Waals surface area contributed by atoms with E-state index in [4.69, 9.17) is 33.2 Å². The number of nitrogens with one attached hydrogen (secondary N) is 1. The van der Waals surface area contributed by atoms with Crippen molar-refractivity contribution in [2.24, 2.45) is 11.3 Å². The molecule has 3 rings (SSSR count). The highest BCUT2D eigenvalue weighted by Crippen LogP contribution is 2.44. The minimum absolute atomic E-state index is 0.0380. The molecule has 44 heavy (non-hydrogen) atoms. The molecule has 0 aromatic rings. The Morgan fingerprint density at radius 1 is 1.16 bits per heavy atom. The van der Waals surface area contributed by atoms with Gasteiger partial charge in [0.25, 0.3) is 5.91 Å². The molecule has 0 radical (unpaired) electrons. The van der Waals surface area contributed by atoms with Crippen LogP contribution in [0.3, 0.4) is 0 Å². The Balaban J connectivity index is 1.74. The summed E-state index contributed by atoms with van der Waals surface area (Å²) in [6.45, 7) is 11.9. The molecule has 1 amide bonds. The lowest BCUT2D eigenvalue weighted by Crippen LogP contribution is -2.69. The predicted molar refractivity (Wildman–Crippen MR) is 158 cm³/mol. The number of amides is 1. The van der Waals surface area contributed by atoms with Crippen LogP contribution in [0.2, 0.25) is 0 Å². The SMILES string of the molecule is C=C1C[C@](OC)([C@H](O)C(=O)N[C@H]2OCO[C@H]3[C@H]2O[C@H](C[C@@H](/C=C/C/C=C/C=C/C(=O)[O-])OC)C(C)(C)[C@@H]3OC)O[C@H](C)[C@@H]1C. The van der Waals surface area contributed by atoms with Gasteiger partial charge in [-0.1, -0.05) is 63.3 Å². The number of methoxy groups -OCH3 is 3. The molecule has 248 valence electrons. The highest BCUT2D eigenvalue weighted by atomic mass is 16.7. The second-order valence-electron chi connectivity index (χ2n) is 12.1. The molecule has 0 aromatic carbocycles. The average molecular weight is 623 g/mol. The molecule has 3 aliphatic heterocycles. The summed E-state index contributed by atoms with van der Waals surface area (Å²) in [4.78, 5) is 23.9. The lowest BCUT2D eigenvalue weighted by molar-refractivity contribution is -0.332. The summed E-state index contributed by atoms with van der Waals surface area (Å²) in [5.74, 6) is -3.56. The van der Waals surface area contributed by atoms with E-state index >= 15 is 0 Å². The number of aliphatic carboxylic acids is 1. The van der Waals surface area contributed by atoms with Crippen LogP contribution in [-0.2, 0) is 42.7 Å². The van der Waals surface area contributed by atoms with Crippen LogP contribution in [0.4, 0.5) is 0 Å². The van der Waals surface area contributed by atoms with Crippen LogP contribution in [0.25, 0.3) is 0 Å². The van der Waals surface area contributed by atoms with Crippen molar-refractivity contribution in [3.8, 4) is 0 Å². The number of carbonyl (C=O) groups is 2. The number of carboxylic acid groups (broad SMARTS) is 1. The maximum atomic E-state index is 13.4. The maximum absolute atomic E-state index is 13.4. The summed E-state index contributed by atoms with van der Waals surface area (Å²) in [5, 5.41) is 24.4.